The molecule has 4 rings (SSSR count). The maximum absolute atomic E-state index is 13.3. The topological polar surface area (TPSA) is 74.2 Å². The van der Waals surface area contributed by atoms with Gasteiger partial charge in [-0.05, 0) is 18.2 Å². The lowest BCUT2D eigenvalue weighted by Crippen LogP contribution is -2.52. The van der Waals surface area contributed by atoms with Gasteiger partial charge in [-0.2, -0.15) is 8.78 Å². The number of carbonyl (C=O) groups is 1. The van der Waals surface area contributed by atoms with Crippen LogP contribution in [0.25, 0.3) is 22.3 Å². The van der Waals surface area contributed by atoms with Crippen molar-refractivity contribution < 1.29 is 13.6 Å². The molecule has 0 unspecified atom stereocenters. The first-order chi connectivity index (χ1) is 14.4. The van der Waals surface area contributed by atoms with Crippen molar-refractivity contribution in [1.82, 2.24) is 19.9 Å². The molecular weight excluding hydrogens is 390 g/mol. The van der Waals surface area contributed by atoms with Gasteiger partial charge in [0.05, 0.1) is 11.2 Å². The van der Waals surface area contributed by atoms with Crippen molar-refractivity contribution in [3.63, 3.8) is 0 Å². The van der Waals surface area contributed by atoms with Gasteiger partial charge in [0.2, 0.25) is 0 Å². The summed E-state index contributed by atoms with van der Waals surface area (Å²) in [6.07, 6.45) is 3.28. The Morgan fingerprint density at radius 3 is 2.37 bits per heavy atom. The van der Waals surface area contributed by atoms with Crippen LogP contribution in [0.1, 0.15) is 6.92 Å². The summed E-state index contributed by atoms with van der Waals surface area (Å²) >= 11 is 0. The van der Waals surface area contributed by atoms with Gasteiger partial charge in [-0.3, -0.25) is 9.78 Å². The first-order valence-electron chi connectivity index (χ1n) is 9.69. The molecule has 0 radical (unpaired) electrons. The van der Waals surface area contributed by atoms with E-state index in [9.17, 15) is 13.6 Å². The van der Waals surface area contributed by atoms with Crippen LogP contribution in [0.3, 0.4) is 0 Å². The Hall–Kier alpha value is -3.36. The molecule has 30 heavy (non-hydrogen) atoms. The second-order valence-electron chi connectivity index (χ2n) is 7.24. The molecular formula is C21H22F2N6O. The van der Waals surface area contributed by atoms with Crippen molar-refractivity contribution in [3.8, 4) is 11.3 Å². The zero-order valence-corrected chi connectivity index (χ0v) is 16.8. The minimum Gasteiger partial charge on any atom is -0.371 e. The van der Waals surface area contributed by atoms with E-state index in [0.29, 0.717) is 31.3 Å². The smallest absolute Gasteiger partial charge is 0.322 e. The van der Waals surface area contributed by atoms with Gasteiger partial charge in [0, 0.05) is 63.8 Å². The van der Waals surface area contributed by atoms with Crippen LogP contribution in [0.5, 0.6) is 0 Å². The van der Waals surface area contributed by atoms with E-state index in [1.165, 1.54) is 4.90 Å². The van der Waals surface area contributed by atoms with Gasteiger partial charge in [0.25, 0.3) is 5.91 Å². The molecule has 0 spiro atoms. The maximum atomic E-state index is 13.3. The van der Waals surface area contributed by atoms with E-state index in [1.54, 1.807) is 19.4 Å². The highest BCUT2D eigenvalue weighted by atomic mass is 19.3. The lowest BCUT2D eigenvalue weighted by Gasteiger charge is -2.37. The standard InChI is InChI=1S/C21H22F2N6O/c1-21(22,23)20(30)29-11-9-28(10-12-29)15-5-3-14(4-6-15)16-13-17-18(19(24-2)27-16)26-8-7-25-17/h3-8,13H,9-12H2,1-2H3,(H,24,27). The number of nitrogens with one attached hydrogen (secondary N) is 1. The minimum absolute atomic E-state index is 0.278. The number of piperazine rings is 1. The number of alkyl halides is 2. The van der Waals surface area contributed by atoms with Crippen molar-refractivity contribution in [1.29, 1.82) is 0 Å². The molecule has 9 heteroatoms. The Labute approximate surface area is 172 Å². The van der Waals surface area contributed by atoms with Crippen molar-refractivity contribution in [2.24, 2.45) is 0 Å². The molecule has 1 aromatic carbocycles. The van der Waals surface area contributed by atoms with Gasteiger partial charge >= 0.3 is 5.92 Å². The predicted octanol–water partition coefficient (Wildman–Crippen LogP) is 3.04. The molecule has 0 atom stereocenters. The molecule has 0 saturated carbocycles. The van der Waals surface area contributed by atoms with Crippen molar-refractivity contribution in [3.05, 3.63) is 42.7 Å². The molecule has 0 bridgehead atoms. The van der Waals surface area contributed by atoms with E-state index in [4.69, 9.17) is 0 Å². The number of nitrogens with zero attached hydrogens (tertiary/aromatic N) is 5. The molecule has 3 aromatic rings. The third-order valence-electron chi connectivity index (χ3n) is 5.16. The van der Waals surface area contributed by atoms with E-state index in [2.05, 4.69) is 25.2 Å². The predicted molar refractivity (Wildman–Crippen MR) is 112 cm³/mol. The normalized spacial score (nSPS) is 14.8. The Morgan fingerprint density at radius 1 is 1.07 bits per heavy atom. The number of fused-ring (bicyclic) bond motifs is 1. The highest BCUT2D eigenvalue weighted by molar-refractivity contribution is 5.88. The van der Waals surface area contributed by atoms with Gasteiger partial charge < -0.3 is 15.1 Å². The van der Waals surface area contributed by atoms with Crippen molar-refractivity contribution in [2.75, 3.05) is 43.4 Å². The van der Waals surface area contributed by atoms with E-state index < -0.39 is 11.8 Å². The SMILES string of the molecule is CNc1nc(-c2ccc(N3CCN(C(=O)C(C)(F)F)CC3)cc2)cc2nccnc12. The fourth-order valence-corrected chi connectivity index (χ4v) is 3.58. The summed E-state index contributed by atoms with van der Waals surface area (Å²) in [5, 5.41) is 3.06. The Bertz CT molecular complexity index is 1060. The summed E-state index contributed by atoms with van der Waals surface area (Å²) in [7, 11) is 1.79. The number of amides is 1. The number of halogens is 2. The van der Waals surface area contributed by atoms with Gasteiger partial charge in [-0.15, -0.1) is 0 Å². The fourth-order valence-electron chi connectivity index (χ4n) is 3.58. The largest absolute Gasteiger partial charge is 0.371 e. The highest BCUT2D eigenvalue weighted by Crippen LogP contribution is 2.27. The number of aromatic nitrogens is 3. The molecule has 1 aliphatic rings. The summed E-state index contributed by atoms with van der Waals surface area (Å²) in [5.41, 5.74) is 4.15. The maximum Gasteiger partial charge on any atom is 0.322 e. The molecule has 1 aliphatic heterocycles. The van der Waals surface area contributed by atoms with Crippen molar-refractivity contribution >= 4 is 28.4 Å². The molecule has 7 nitrogen and oxygen atoms in total. The van der Waals surface area contributed by atoms with Crippen LogP contribution >= 0.6 is 0 Å². The van der Waals surface area contributed by atoms with Crippen molar-refractivity contribution in [2.45, 2.75) is 12.8 Å². The number of rotatable bonds is 4. The third-order valence-corrected chi connectivity index (χ3v) is 5.16. The summed E-state index contributed by atoms with van der Waals surface area (Å²) in [6.45, 7) is 2.22. The molecule has 156 valence electrons. The lowest BCUT2D eigenvalue weighted by molar-refractivity contribution is -0.155. The van der Waals surface area contributed by atoms with Gasteiger partial charge in [-0.25, -0.2) is 9.97 Å². The molecule has 1 N–H and O–H groups in total. The average Bonchev–Trinajstić information content (AvgIpc) is 2.77. The molecule has 2 aromatic heterocycles. The van der Waals surface area contributed by atoms with Crippen LogP contribution in [0.4, 0.5) is 20.3 Å². The molecule has 1 fully saturated rings. The van der Waals surface area contributed by atoms with Crippen LogP contribution in [0.2, 0.25) is 0 Å². The molecule has 0 aliphatic carbocycles. The number of pyridine rings is 1. The Balaban J connectivity index is 1.50. The quantitative estimate of drug-likeness (QED) is 0.710. The monoisotopic (exact) mass is 412 g/mol. The number of anilines is 2. The van der Waals surface area contributed by atoms with Crippen LogP contribution in [0.15, 0.2) is 42.7 Å². The Morgan fingerprint density at radius 2 is 1.73 bits per heavy atom. The first-order valence-corrected chi connectivity index (χ1v) is 9.69. The van der Waals surface area contributed by atoms with E-state index in [-0.39, 0.29) is 13.1 Å². The minimum atomic E-state index is -3.33. The fraction of sp³-hybridized carbons (Fsp3) is 0.333. The molecule has 3 heterocycles. The summed E-state index contributed by atoms with van der Waals surface area (Å²) in [6, 6.07) is 9.78. The van der Waals surface area contributed by atoms with E-state index >= 15 is 0 Å². The number of hydrogen-bond donors (Lipinski definition) is 1. The average molecular weight is 412 g/mol. The third kappa shape index (κ3) is 3.87. The van der Waals surface area contributed by atoms with E-state index in [0.717, 1.165) is 22.5 Å². The Kier molecular flexibility index (Phi) is 5.19. The summed E-state index contributed by atoms with van der Waals surface area (Å²) < 4.78 is 26.5. The van der Waals surface area contributed by atoms with Gasteiger partial charge in [0.1, 0.15) is 5.52 Å². The van der Waals surface area contributed by atoms with Crippen LogP contribution in [0, 0.1) is 0 Å². The van der Waals surface area contributed by atoms with E-state index in [1.807, 2.05) is 30.3 Å². The molecule has 1 amide bonds. The summed E-state index contributed by atoms with van der Waals surface area (Å²) in [5.74, 6) is -3.77. The molecule has 1 saturated heterocycles. The zero-order valence-electron chi connectivity index (χ0n) is 16.8. The van der Waals surface area contributed by atoms with Crippen LogP contribution < -0.4 is 10.2 Å². The van der Waals surface area contributed by atoms with Gasteiger partial charge in [0.15, 0.2) is 5.82 Å². The van der Waals surface area contributed by atoms with Crippen LogP contribution in [-0.2, 0) is 4.79 Å². The highest BCUT2D eigenvalue weighted by Gasteiger charge is 2.37. The number of hydrogen-bond acceptors (Lipinski definition) is 6. The number of benzene rings is 1. The van der Waals surface area contributed by atoms with Gasteiger partial charge in [-0.1, -0.05) is 12.1 Å². The second kappa shape index (κ2) is 7.81. The number of carbonyl (C=O) groups excluding carboxylic acids is 1. The first kappa shape index (κ1) is 19.9. The lowest BCUT2D eigenvalue weighted by atomic mass is 10.1. The van der Waals surface area contributed by atoms with Crippen LogP contribution in [-0.4, -0.2) is 64.9 Å². The summed E-state index contributed by atoms with van der Waals surface area (Å²) in [4.78, 5) is 28.4. The second-order valence-corrected chi connectivity index (χ2v) is 7.24. The zero-order chi connectivity index (χ0) is 21.3.